The molecule has 0 aliphatic carbocycles. The first-order valence-corrected chi connectivity index (χ1v) is 7.50. The van der Waals surface area contributed by atoms with Crippen molar-refractivity contribution in [1.82, 2.24) is 5.32 Å². The Kier molecular flexibility index (Phi) is 4.68. The highest BCUT2D eigenvalue weighted by atomic mass is 79.9. The molecule has 0 spiro atoms. The van der Waals surface area contributed by atoms with Crippen LogP contribution in [-0.2, 0) is 6.42 Å². The first kappa shape index (κ1) is 13.9. The van der Waals surface area contributed by atoms with E-state index in [0.29, 0.717) is 12.0 Å². The summed E-state index contributed by atoms with van der Waals surface area (Å²) >= 11 is 3.68. The van der Waals surface area contributed by atoms with Gasteiger partial charge < -0.3 is 10.1 Å². The van der Waals surface area contributed by atoms with Crippen LogP contribution in [0, 0.1) is 0 Å². The molecule has 18 heavy (non-hydrogen) atoms. The van der Waals surface area contributed by atoms with Gasteiger partial charge in [0.25, 0.3) is 0 Å². The van der Waals surface area contributed by atoms with Gasteiger partial charge in [-0.05, 0) is 55.0 Å². The second kappa shape index (κ2) is 6.07. The third-order valence-electron chi connectivity index (χ3n) is 3.65. The minimum absolute atomic E-state index is 0.506. The molecule has 0 radical (unpaired) electrons. The van der Waals surface area contributed by atoms with Crippen molar-refractivity contribution in [3.8, 4) is 5.75 Å². The third kappa shape index (κ3) is 3.07. The Labute approximate surface area is 118 Å². The predicted molar refractivity (Wildman–Crippen MR) is 79.5 cm³/mol. The van der Waals surface area contributed by atoms with Gasteiger partial charge in [-0.2, -0.15) is 0 Å². The largest absolute Gasteiger partial charge is 0.496 e. The molecular weight excluding hydrogens is 290 g/mol. The van der Waals surface area contributed by atoms with E-state index in [-0.39, 0.29) is 0 Å². The number of hydrogen-bond donors (Lipinski definition) is 1. The van der Waals surface area contributed by atoms with Crippen LogP contribution in [0.5, 0.6) is 5.75 Å². The maximum Gasteiger partial charge on any atom is 0.122 e. The Morgan fingerprint density at radius 3 is 2.78 bits per heavy atom. The van der Waals surface area contributed by atoms with Crippen molar-refractivity contribution in [2.24, 2.45) is 0 Å². The highest BCUT2D eigenvalue weighted by Crippen LogP contribution is 2.33. The van der Waals surface area contributed by atoms with Gasteiger partial charge >= 0.3 is 0 Å². The Bertz CT molecular complexity index is 411. The van der Waals surface area contributed by atoms with Gasteiger partial charge in [0, 0.05) is 10.5 Å². The molecule has 0 bridgehead atoms. The van der Waals surface area contributed by atoms with Crippen molar-refractivity contribution in [2.75, 3.05) is 13.7 Å². The van der Waals surface area contributed by atoms with Gasteiger partial charge in [-0.3, -0.25) is 0 Å². The van der Waals surface area contributed by atoms with E-state index < -0.39 is 0 Å². The molecule has 0 saturated carbocycles. The number of methoxy groups -OCH3 is 1. The van der Waals surface area contributed by atoms with Gasteiger partial charge in [-0.25, -0.2) is 0 Å². The molecule has 1 fully saturated rings. The van der Waals surface area contributed by atoms with Crippen LogP contribution in [0.15, 0.2) is 16.6 Å². The van der Waals surface area contributed by atoms with E-state index in [9.17, 15) is 0 Å². The molecule has 100 valence electrons. The third-order valence-corrected chi connectivity index (χ3v) is 4.34. The lowest BCUT2D eigenvalue weighted by Gasteiger charge is -2.17. The van der Waals surface area contributed by atoms with Crippen LogP contribution in [0.2, 0.25) is 0 Å². The Morgan fingerprint density at radius 2 is 2.22 bits per heavy atom. The molecular formula is C15H22BrNO. The molecule has 1 aromatic carbocycles. The molecule has 3 heteroatoms. The molecule has 1 atom stereocenters. The fourth-order valence-electron chi connectivity index (χ4n) is 2.60. The normalized spacial score (nSPS) is 19.5. The Balaban J connectivity index is 2.25. The minimum atomic E-state index is 0.506. The monoisotopic (exact) mass is 311 g/mol. The van der Waals surface area contributed by atoms with Crippen LogP contribution in [0.4, 0.5) is 0 Å². The summed E-state index contributed by atoms with van der Waals surface area (Å²) in [4.78, 5) is 0. The van der Waals surface area contributed by atoms with Gasteiger partial charge in [-0.1, -0.05) is 29.8 Å². The van der Waals surface area contributed by atoms with E-state index >= 15 is 0 Å². The van der Waals surface area contributed by atoms with E-state index in [2.05, 4.69) is 47.2 Å². The summed E-state index contributed by atoms with van der Waals surface area (Å²) < 4.78 is 6.75. The van der Waals surface area contributed by atoms with Crippen molar-refractivity contribution in [1.29, 1.82) is 0 Å². The second-order valence-corrected chi connectivity index (χ2v) is 6.19. The maximum absolute atomic E-state index is 5.55. The predicted octanol–water partition coefficient (Wildman–Crippen LogP) is 3.88. The van der Waals surface area contributed by atoms with Crippen LogP contribution in [0.25, 0.3) is 0 Å². The second-order valence-electron chi connectivity index (χ2n) is 5.34. The smallest absolute Gasteiger partial charge is 0.122 e. The zero-order chi connectivity index (χ0) is 13.1. The first-order valence-electron chi connectivity index (χ1n) is 6.71. The molecule has 1 aliphatic rings. The lowest BCUT2D eigenvalue weighted by Crippen LogP contribution is -2.23. The zero-order valence-electron chi connectivity index (χ0n) is 11.4. The van der Waals surface area contributed by atoms with Gasteiger partial charge in [0.1, 0.15) is 5.75 Å². The fourth-order valence-corrected chi connectivity index (χ4v) is 3.45. The summed E-state index contributed by atoms with van der Waals surface area (Å²) in [5, 5.41) is 3.54. The Morgan fingerprint density at radius 1 is 1.44 bits per heavy atom. The Hall–Kier alpha value is -0.540. The van der Waals surface area contributed by atoms with E-state index in [0.717, 1.165) is 18.7 Å². The average Bonchev–Trinajstić information content (AvgIpc) is 2.81. The molecule has 1 aliphatic heterocycles. The quantitative estimate of drug-likeness (QED) is 0.911. The molecule has 2 rings (SSSR count). The van der Waals surface area contributed by atoms with Crippen molar-refractivity contribution in [3.63, 3.8) is 0 Å². The number of halogens is 1. The van der Waals surface area contributed by atoms with E-state index in [1.165, 1.54) is 28.4 Å². The summed E-state index contributed by atoms with van der Waals surface area (Å²) in [6, 6.07) is 5.02. The van der Waals surface area contributed by atoms with Crippen LogP contribution < -0.4 is 10.1 Å². The van der Waals surface area contributed by atoms with Gasteiger partial charge in [0.2, 0.25) is 0 Å². The summed E-state index contributed by atoms with van der Waals surface area (Å²) in [6.07, 6.45) is 3.62. The van der Waals surface area contributed by atoms with Crippen LogP contribution in [-0.4, -0.2) is 19.7 Å². The van der Waals surface area contributed by atoms with Gasteiger partial charge in [-0.15, -0.1) is 0 Å². The zero-order valence-corrected chi connectivity index (χ0v) is 13.0. The summed E-state index contributed by atoms with van der Waals surface area (Å²) in [5.74, 6) is 1.53. The van der Waals surface area contributed by atoms with Crippen LogP contribution >= 0.6 is 15.9 Å². The average molecular weight is 312 g/mol. The lowest BCUT2D eigenvalue weighted by atomic mass is 9.97. The maximum atomic E-state index is 5.55. The SMILES string of the molecule is COc1cc(C(C)C)c(Br)cc1CC1CCCN1. The molecule has 1 aromatic rings. The molecule has 1 unspecified atom stereocenters. The van der Waals surface area contributed by atoms with Crippen LogP contribution in [0.1, 0.15) is 43.7 Å². The first-order chi connectivity index (χ1) is 8.61. The highest BCUT2D eigenvalue weighted by molar-refractivity contribution is 9.10. The number of ether oxygens (including phenoxy) is 1. The topological polar surface area (TPSA) is 21.3 Å². The van der Waals surface area contributed by atoms with Crippen molar-refractivity contribution < 1.29 is 4.74 Å². The molecule has 0 aromatic heterocycles. The molecule has 1 saturated heterocycles. The highest BCUT2D eigenvalue weighted by Gasteiger charge is 2.18. The molecule has 0 amide bonds. The number of rotatable bonds is 4. The van der Waals surface area contributed by atoms with E-state index in [1.807, 2.05) is 0 Å². The standard InChI is InChI=1S/C15H22BrNO/c1-10(2)13-9-15(18-3)11(8-14(13)16)7-12-5-4-6-17-12/h8-10,12,17H,4-7H2,1-3H3. The molecule has 1 heterocycles. The minimum Gasteiger partial charge on any atom is -0.496 e. The number of hydrogen-bond acceptors (Lipinski definition) is 2. The molecule has 1 N–H and O–H groups in total. The number of nitrogens with one attached hydrogen (secondary N) is 1. The summed E-state index contributed by atoms with van der Waals surface area (Å²) in [5.41, 5.74) is 2.61. The van der Waals surface area contributed by atoms with E-state index in [1.54, 1.807) is 7.11 Å². The van der Waals surface area contributed by atoms with Crippen molar-refractivity contribution >= 4 is 15.9 Å². The molecule has 2 nitrogen and oxygen atoms in total. The van der Waals surface area contributed by atoms with Gasteiger partial charge in [0.15, 0.2) is 0 Å². The van der Waals surface area contributed by atoms with Crippen molar-refractivity contribution in [3.05, 3.63) is 27.7 Å². The van der Waals surface area contributed by atoms with Gasteiger partial charge in [0.05, 0.1) is 7.11 Å². The fraction of sp³-hybridized carbons (Fsp3) is 0.600. The summed E-state index contributed by atoms with van der Waals surface area (Å²) in [6.45, 7) is 5.56. The van der Waals surface area contributed by atoms with Crippen LogP contribution in [0.3, 0.4) is 0 Å². The lowest BCUT2D eigenvalue weighted by molar-refractivity contribution is 0.406. The van der Waals surface area contributed by atoms with Crippen molar-refractivity contribution in [2.45, 2.75) is 45.1 Å². The van der Waals surface area contributed by atoms with E-state index in [4.69, 9.17) is 4.74 Å². The number of benzene rings is 1. The summed E-state index contributed by atoms with van der Waals surface area (Å²) in [7, 11) is 1.76.